The van der Waals surface area contributed by atoms with Gasteiger partial charge in [0.25, 0.3) is 0 Å². The Morgan fingerprint density at radius 3 is 2.41 bits per heavy atom. The third kappa shape index (κ3) is 5.39. The second-order valence-corrected chi connectivity index (χ2v) is 11.7. The number of ether oxygens (including phenoxy) is 2. The van der Waals surface area contributed by atoms with Gasteiger partial charge < -0.3 is 40.1 Å². The average molecular weight is 487 g/mol. The summed E-state index contributed by atoms with van der Waals surface area (Å²) >= 11 is 0. The van der Waals surface area contributed by atoms with Crippen LogP contribution in [0.5, 0.6) is 0 Å². The van der Waals surface area contributed by atoms with Crippen molar-refractivity contribution in [3.8, 4) is 0 Å². The summed E-state index contributed by atoms with van der Waals surface area (Å²) in [5, 5.41) is 60.4. The van der Waals surface area contributed by atoms with Gasteiger partial charge >= 0.3 is 0 Å². The van der Waals surface area contributed by atoms with Crippen LogP contribution in [0.4, 0.5) is 0 Å². The zero-order valence-corrected chi connectivity index (χ0v) is 21.0. The van der Waals surface area contributed by atoms with Crippen LogP contribution in [0.3, 0.4) is 0 Å². The Hall–Kier alpha value is -0.580. The maximum Gasteiger partial charge on any atom is 0.186 e. The van der Waals surface area contributed by atoms with Gasteiger partial charge in [-0.05, 0) is 60.7 Å². The highest BCUT2D eigenvalue weighted by Crippen LogP contribution is 2.61. The van der Waals surface area contributed by atoms with Crippen molar-refractivity contribution in [2.24, 2.45) is 28.6 Å². The Morgan fingerprint density at radius 2 is 1.76 bits per heavy atom. The lowest BCUT2D eigenvalue weighted by Gasteiger charge is -2.60. The summed E-state index contributed by atoms with van der Waals surface area (Å²) < 4.78 is 11.1. The lowest BCUT2D eigenvalue weighted by Crippen LogP contribution is -2.59. The molecule has 34 heavy (non-hydrogen) atoms. The normalized spacial score (nSPS) is 46.2. The van der Waals surface area contributed by atoms with Gasteiger partial charge in [0.15, 0.2) is 6.29 Å². The van der Waals surface area contributed by atoms with Gasteiger partial charge in [-0.3, -0.25) is 0 Å². The first-order chi connectivity index (χ1) is 16.0. The minimum Gasteiger partial charge on any atom is -0.396 e. The molecule has 8 heteroatoms. The molecule has 6 N–H and O–H groups in total. The van der Waals surface area contributed by atoms with Crippen LogP contribution in [-0.2, 0) is 9.47 Å². The van der Waals surface area contributed by atoms with E-state index in [1.54, 1.807) is 0 Å². The van der Waals surface area contributed by atoms with Gasteiger partial charge in [0.1, 0.15) is 24.4 Å². The maximum atomic E-state index is 11.0. The molecule has 0 aromatic rings. The minimum atomic E-state index is -1.44. The lowest BCUT2D eigenvalue weighted by molar-refractivity contribution is -0.301. The van der Waals surface area contributed by atoms with E-state index >= 15 is 0 Å². The van der Waals surface area contributed by atoms with E-state index in [2.05, 4.69) is 27.4 Å². The monoisotopic (exact) mass is 486 g/mol. The number of rotatable bonds is 9. The van der Waals surface area contributed by atoms with Crippen molar-refractivity contribution < 1.29 is 40.1 Å². The van der Waals surface area contributed by atoms with Crippen molar-refractivity contribution in [2.45, 2.75) is 103 Å². The molecule has 0 aromatic heterocycles. The summed E-state index contributed by atoms with van der Waals surface area (Å²) in [4.78, 5) is 0. The third-order valence-electron chi connectivity index (χ3n) is 9.12. The number of hydrogen-bond donors (Lipinski definition) is 6. The summed E-state index contributed by atoms with van der Waals surface area (Å²) in [6.45, 7) is 10.8. The van der Waals surface area contributed by atoms with Crippen LogP contribution in [-0.4, -0.2) is 87.3 Å². The Kier molecular flexibility index (Phi) is 9.24. The summed E-state index contributed by atoms with van der Waals surface area (Å²) in [6.07, 6.45) is -0.490. The van der Waals surface area contributed by atoms with Crippen LogP contribution in [0.25, 0.3) is 0 Å². The summed E-state index contributed by atoms with van der Waals surface area (Å²) in [5.41, 5.74) is 0.756. The van der Waals surface area contributed by atoms with Crippen LogP contribution < -0.4 is 0 Å². The fraction of sp³-hybridized carbons (Fsp3) is 0.923. The second-order valence-electron chi connectivity index (χ2n) is 11.7. The van der Waals surface area contributed by atoms with Crippen LogP contribution in [0.1, 0.15) is 65.7 Å². The molecular weight excluding hydrogens is 440 g/mol. The number of aliphatic hydroxyl groups excluding tert-OH is 6. The molecule has 3 rings (SSSR count). The van der Waals surface area contributed by atoms with Gasteiger partial charge in [-0.15, -0.1) is 0 Å². The molecule has 0 amide bonds. The Morgan fingerprint density at radius 1 is 1.06 bits per heavy atom. The Bertz CT molecular complexity index is 686. The zero-order valence-electron chi connectivity index (χ0n) is 21.0. The van der Waals surface area contributed by atoms with Gasteiger partial charge in [-0.2, -0.15) is 0 Å². The van der Waals surface area contributed by atoms with Crippen LogP contribution in [0, 0.1) is 28.6 Å². The number of hydrogen-bond acceptors (Lipinski definition) is 8. The molecule has 1 heterocycles. The first kappa shape index (κ1) is 28.0. The van der Waals surface area contributed by atoms with Crippen molar-refractivity contribution in [1.82, 2.24) is 0 Å². The van der Waals surface area contributed by atoms with Crippen molar-refractivity contribution in [3.05, 3.63) is 12.2 Å². The summed E-state index contributed by atoms with van der Waals surface area (Å²) in [5.74, 6) is 0.680. The molecule has 3 aliphatic rings. The predicted molar refractivity (Wildman–Crippen MR) is 127 cm³/mol. The zero-order chi connectivity index (χ0) is 25.3. The van der Waals surface area contributed by atoms with Crippen molar-refractivity contribution in [1.29, 1.82) is 0 Å². The van der Waals surface area contributed by atoms with E-state index in [0.29, 0.717) is 24.9 Å². The second kappa shape index (κ2) is 11.2. The van der Waals surface area contributed by atoms with E-state index in [0.717, 1.165) is 44.1 Å². The van der Waals surface area contributed by atoms with Gasteiger partial charge in [-0.25, -0.2) is 0 Å². The first-order valence-electron chi connectivity index (χ1n) is 12.9. The number of fused-ring (bicyclic) bond motifs is 1. The molecule has 0 bridgehead atoms. The highest BCUT2D eigenvalue weighted by molar-refractivity contribution is 5.19. The first-order valence-corrected chi connectivity index (χ1v) is 12.9. The molecule has 198 valence electrons. The predicted octanol–water partition coefficient (Wildman–Crippen LogP) is 1.35. The summed E-state index contributed by atoms with van der Waals surface area (Å²) in [7, 11) is 0. The van der Waals surface area contributed by atoms with E-state index in [4.69, 9.17) is 9.47 Å². The van der Waals surface area contributed by atoms with Crippen molar-refractivity contribution in [2.75, 3.05) is 19.8 Å². The highest BCUT2D eigenvalue weighted by Gasteiger charge is 2.57. The molecule has 1 saturated heterocycles. The summed E-state index contributed by atoms with van der Waals surface area (Å²) in [6, 6.07) is 0. The molecule has 2 aliphatic carbocycles. The molecule has 8 nitrogen and oxygen atoms in total. The van der Waals surface area contributed by atoms with E-state index in [1.807, 2.05) is 0 Å². The molecule has 2 saturated carbocycles. The lowest BCUT2D eigenvalue weighted by atomic mass is 9.46. The van der Waals surface area contributed by atoms with E-state index in [1.165, 1.54) is 0 Å². The Labute approximate surface area is 203 Å². The van der Waals surface area contributed by atoms with Crippen LogP contribution >= 0.6 is 0 Å². The van der Waals surface area contributed by atoms with Crippen molar-refractivity contribution in [3.63, 3.8) is 0 Å². The van der Waals surface area contributed by atoms with E-state index in [9.17, 15) is 30.6 Å². The fourth-order valence-electron chi connectivity index (χ4n) is 7.17. The molecule has 0 spiro atoms. The van der Waals surface area contributed by atoms with Crippen LogP contribution in [0.2, 0.25) is 0 Å². The third-order valence-corrected chi connectivity index (χ3v) is 9.12. The van der Waals surface area contributed by atoms with Gasteiger partial charge in [0.05, 0.1) is 19.3 Å². The molecule has 11 unspecified atom stereocenters. The smallest absolute Gasteiger partial charge is 0.186 e. The van der Waals surface area contributed by atoms with E-state index < -0.39 is 43.4 Å². The molecule has 0 radical (unpaired) electrons. The van der Waals surface area contributed by atoms with Gasteiger partial charge in [0, 0.05) is 6.61 Å². The van der Waals surface area contributed by atoms with E-state index in [-0.39, 0.29) is 23.4 Å². The molecule has 1 aliphatic heterocycles. The van der Waals surface area contributed by atoms with Gasteiger partial charge in [0.2, 0.25) is 0 Å². The number of aliphatic hydroxyl groups is 6. The standard InChI is InChI=1S/C26H46O8/c1-15(8-11-33-24-22(32)21(31)20(30)19(13-27)34-24)6-7-17-16(2)12-18(29)23-25(3,14-28)9-5-10-26(17,23)4/h15,17-24,27-32H,2,5-14H2,1,3-4H3. The molecular formula is C26H46O8. The Balaban J connectivity index is 1.54. The largest absolute Gasteiger partial charge is 0.396 e. The minimum absolute atomic E-state index is 0.0547. The topological polar surface area (TPSA) is 140 Å². The quantitative estimate of drug-likeness (QED) is 0.269. The SMILES string of the molecule is C=C1CC(O)C2C(C)(CO)CCCC2(C)C1CCC(C)CCOC1OC(CO)C(O)C(O)C1O. The molecule has 11 atom stereocenters. The van der Waals surface area contributed by atoms with Crippen LogP contribution in [0.15, 0.2) is 12.2 Å². The molecule has 3 fully saturated rings. The maximum absolute atomic E-state index is 11.0. The highest BCUT2D eigenvalue weighted by atomic mass is 16.7. The van der Waals surface area contributed by atoms with Gasteiger partial charge in [-0.1, -0.05) is 45.8 Å². The fourth-order valence-corrected chi connectivity index (χ4v) is 7.17. The molecule has 0 aromatic carbocycles. The average Bonchev–Trinajstić information content (AvgIpc) is 2.78. The van der Waals surface area contributed by atoms with Crippen molar-refractivity contribution >= 4 is 0 Å².